The second kappa shape index (κ2) is 5.18. The zero-order valence-electron chi connectivity index (χ0n) is 11.8. The summed E-state index contributed by atoms with van der Waals surface area (Å²) in [6.45, 7) is 5.60. The first kappa shape index (κ1) is 15.0. The number of carbonyl (C=O) groups excluding carboxylic acids is 1. The molecule has 1 aromatic rings. The Bertz CT molecular complexity index is 628. The number of nitrogens with zero attached hydrogens (tertiary/aromatic N) is 1. The summed E-state index contributed by atoms with van der Waals surface area (Å²) in [5.41, 5.74) is 2.27. The fourth-order valence-electron chi connectivity index (χ4n) is 2.95. The third kappa shape index (κ3) is 2.45. The number of hydrogen-bond acceptors (Lipinski definition) is 4. The number of aryl methyl sites for hydroxylation is 3. The number of hydrogen-bond donors (Lipinski definition) is 0. The number of carbonyl (C=O) groups is 1. The monoisotopic (exact) mass is 296 g/mol. The number of sulfonamides is 1. The summed E-state index contributed by atoms with van der Waals surface area (Å²) in [6.07, 6.45) is 0.855. The summed E-state index contributed by atoms with van der Waals surface area (Å²) in [6, 6.07) is 2.54. The zero-order valence-corrected chi connectivity index (χ0v) is 12.7. The van der Waals surface area contributed by atoms with Crippen molar-refractivity contribution in [1.29, 1.82) is 0 Å². The van der Waals surface area contributed by atoms with Gasteiger partial charge in [-0.05, 0) is 44.7 Å². The van der Waals surface area contributed by atoms with E-state index in [1.807, 2.05) is 6.92 Å². The van der Waals surface area contributed by atoms with E-state index in [1.54, 1.807) is 26.0 Å². The van der Waals surface area contributed by atoms with E-state index in [0.29, 0.717) is 24.0 Å². The topological polar surface area (TPSA) is 77.5 Å². The number of aliphatic carboxylic acids is 1. The number of rotatable bonds is 3. The van der Waals surface area contributed by atoms with E-state index in [-0.39, 0.29) is 11.4 Å². The summed E-state index contributed by atoms with van der Waals surface area (Å²) in [5.74, 6) is -1.33. The van der Waals surface area contributed by atoms with Gasteiger partial charge in [-0.1, -0.05) is 17.7 Å². The SMILES string of the molecule is Cc1cc(C)c(S(=O)(=O)N2CCC[C@@H]2C(=O)[O-])c(C)c1. The Morgan fingerprint density at radius 2 is 1.80 bits per heavy atom. The summed E-state index contributed by atoms with van der Waals surface area (Å²) >= 11 is 0. The van der Waals surface area contributed by atoms with Crippen molar-refractivity contribution in [2.24, 2.45) is 0 Å². The van der Waals surface area contributed by atoms with Crippen molar-refractivity contribution in [2.45, 2.75) is 44.6 Å². The van der Waals surface area contributed by atoms with E-state index >= 15 is 0 Å². The van der Waals surface area contributed by atoms with Crippen LogP contribution in [0.5, 0.6) is 0 Å². The predicted molar refractivity (Wildman–Crippen MR) is 72.6 cm³/mol. The molecule has 1 atom stereocenters. The van der Waals surface area contributed by atoms with Gasteiger partial charge in [0.05, 0.1) is 16.9 Å². The van der Waals surface area contributed by atoms with Crippen LogP contribution in [0, 0.1) is 20.8 Å². The smallest absolute Gasteiger partial charge is 0.244 e. The molecule has 20 heavy (non-hydrogen) atoms. The van der Waals surface area contributed by atoms with Gasteiger partial charge in [-0.15, -0.1) is 0 Å². The maximum atomic E-state index is 12.7. The van der Waals surface area contributed by atoms with Crippen LogP contribution in [-0.2, 0) is 14.8 Å². The molecule has 2 rings (SSSR count). The third-order valence-corrected chi connectivity index (χ3v) is 5.86. The van der Waals surface area contributed by atoms with Gasteiger partial charge in [0.2, 0.25) is 10.0 Å². The second-order valence-corrected chi connectivity index (χ2v) is 7.15. The van der Waals surface area contributed by atoms with Crippen LogP contribution in [0.3, 0.4) is 0 Å². The molecular weight excluding hydrogens is 278 g/mol. The van der Waals surface area contributed by atoms with E-state index in [0.717, 1.165) is 9.87 Å². The van der Waals surface area contributed by atoms with Gasteiger partial charge in [0, 0.05) is 6.54 Å². The fourth-order valence-corrected chi connectivity index (χ4v) is 5.02. The number of benzene rings is 1. The van der Waals surface area contributed by atoms with Crippen LogP contribution >= 0.6 is 0 Å². The molecule has 0 bridgehead atoms. The Morgan fingerprint density at radius 1 is 1.25 bits per heavy atom. The van der Waals surface area contributed by atoms with Gasteiger partial charge in [-0.25, -0.2) is 8.42 Å². The molecule has 5 nitrogen and oxygen atoms in total. The average Bonchev–Trinajstić information content (AvgIpc) is 2.75. The van der Waals surface area contributed by atoms with E-state index < -0.39 is 22.0 Å². The minimum absolute atomic E-state index is 0.219. The molecule has 0 saturated carbocycles. The molecule has 0 aromatic heterocycles. The van der Waals surface area contributed by atoms with Crippen LogP contribution < -0.4 is 5.11 Å². The quantitative estimate of drug-likeness (QED) is 0.814. The molecule has 0 aliphatic carbocycles. The van der Waals surface area contributed by atoms with E-state index in [2.05, 4.69) is 0 Å². The molecule has 0 radical (unpaired) electrons. The molecular formula is C14H18NO4S-. The molecule has 1 aliphatic heterocycles. The normalized spacial score (nSPS) is 20.2. The number of carboxylic acids is 1. The van der Waals surface area contributed by atoms with Gasteiger partial charge in [0.15, 0.2) is 0 Å². The molecule has 1 aromatic carbocycles. The fraction of sp³-hybridized carbons (Fsp3) is 0.500. The average molecular weight is 296 g/mol. The molecule has 0 N–H and O–H groups in total. The minimum atomic E-state index is -3.80. The predicted octanol–water partition coefficient (Wildman–Crippen LogP) is 0.515. The highest BCUT2D eigenvalue weighted by Crippen LogP contribution is 2.30. The first-order chi connectivity index (χ1) is 9.25. The molecule has 0 spiro atoms. The van der Waals surface area contributed by atoms with Gasteiger partial charge in [0.1, 0.15) is 0 Å². The molecule has 1 heterocycles. The van der Waals surface area contributed by atoms with Gasteiger partial charge in [0.25, 0.3) is 0 Å². The lowest BCUT2D eigenvalue weighted by molar-refractivity contribution is -0.309. The van der Waals surface area contributed by atoms with Crippen molar-refractivity contribution >= 4 is 16.0 Å². The van der Waals surface area contributed by atoms with Crippen molar-refractivity contribution in [2.75, 3.05) is 6.54 Å². The maximum Gasteiger partial charge on any atom is 0.244 e. The molecule has 0 unspecified atom stereocenters. The van der Waals surface area contributed by atoms with E-state index in [4.69, 9.17) is 0 Å². The Kier molecular flexibility index (Phi) is 3.88. The highest BCUT2D eigenvalue weighted by Gasteiger charge is 2.37. The van der Waals surface area contributed by atoms with Gasteiger partial charge in [-0.3, -0.25) is 0 Å². The molecule has 1 saturated heterocycles. The standard InChI is InChI=1S/C14H19NO4S/c1-9-7-10(2)13(11(3)8-9)20(18,19)15-6-4-5-12(15)14(16)17/h7-8,12H,4-6H2,1-3H3,(H,16,17)/p-1/t12-/m1/s1. The van der Waals surface area contributed by atoms with E-state index in [9.17, 15) is 18.3 Å². The van der Waals surface area contributed by atoms with Crippen LogP contribution in [0.25, 0.3) is 0 Å². The van der Waals surface area contributed by atoms with Crippen molar-refractivity contribution in [1.82, 2.24) is 4.31 Å². The first-order valence-electron chi connectivity index (χ1n) is 6.55. The van der Waals surface area contributed by atoms with E-state index in [1.165, 1.54) is 0 Å². The van der Waals surface area contributed by atoms with Crippen molar-refractivity contribution < 1.29 is 18.3 Å². The maximum absolute atomic E-state index is 12.7. The number of carboxylic acid groups (broad SMARTS) is 1. The van der Waals surface area contributed by atoms with Crippen LogP contribution in [0.15, 0.2) is 17.0 Å². The Balaban J connectivity index is 2.54. The van der Waals surface area contributed by atoms with Crippen LogP contribution in [0.4, 0.5) is 0 Å². The Labute approximate surface area is 119 Å². The lowest BCUT2D eigenvalue weighted by Crippen LogP contribution is -2.47. The molecule has 0 amide bonds. The minimum Gasteiger partial charge on any atom is -0.548 e. The van der Waals surface area contributed by atoms with Crippen molar-refractivity contribution in [3.8, 4) is 0 Å². The highest BCUT2D eigenvalue weighted by molar-refractivity contribution is 7.89. The van der Waals surface area contributed by atoms with Gasteiger partial charge in [-0.2, -0.15) is 4.31 Å². The largest absolute Gasteiger partial charge is 0.548 e. The molecule has 110 valence electrons. The molecule has 1 fully saturated rings. The lowest BCUT2D eigenvalue weighted by Gasteiger charge is -2.26. The first-order valence-corrected chi connectivity index (χ1v) is 7.99. The molecule has 6 heteroatoms. The van der Waals surface area contributed by atoms with Crippen molar-refractivity contribution in [3.05, 3.63) is 28.8 Å². The summed E-state index contributed by atoms with van der Waals surface area (Å²) in [5, 5.41) is 11.1. The Morgan fingerprint density at radius 3 is 2.30 bits per heavy atom. The summed E-state index contributed by atoms with van der Waals surface area (Å²) < 4.78 is 26.5. The summed E-state index contributed by atoms with van der Waals surface area (Å²) in [7, 11) is -3.80. The van der Waals surface area contributed by atoms with Crippen molar-refractivity contribution in [3.63, 3.8) is 0 Å². The van der Waals surface area contributed by atoms with Gasteiger partial charge >= 0.3 is 0 Å². The van der Waals surface area contributed by atoms with Crippen LogP contribution in [-0.4, -0.2) is 31.3 Å². The Hall–Kier alpha value is -1.40. The van der Waals surface area contributed by atoms with Crippen LogP contribution in [0.1, 0.15) is 29.5 Å². The zero-order chi connectivity index (χ0) is 15.1. The molecule has 1 aliphatic rings. The second-order valence-electron chi connectivity index (χ2n) is 5.32. The third-order valence-electron chi connectivity index (χ3n) is 3.65. The van der Waals surface area contributed by atoms with Crippen LogP contribution in [0.2, 0.25) is 0 Å². The lowest BCUT2D eigenvalue weighted by atomic mass is 10.1. The summed E-state index contributed by atoms with van der Waals surface area (Å²) in [4.78, 5) is 11.3. The van der Waals surface area contributed by atoms with Gasteiger partial charge < -0.3 is 9.90 Å². The highest BCUT2D eigenvalue weighted by atomic mass is 32.2.